The van der Waals surface area contributed by atoms with Gasteiger partial charge >= 0.3 is 23.9 Å². The van der Waals surface area contributed by atoms with Crippen molar-refractivity contribution < 1.29 is 76.0 Å². The van der Waals surface area contributed by atoms with Crippen molar-refractivity contribution >= 4 is 23.9 Å². The molecule has 0 N–H and O–H groups in total. The summed E-state index contributed by atoms with van der Waals surface area (Å²) in [4.78, 5) is 52.7. The number of rotatable bonds is 0. The van der Waals surface area contributed by atoms with Crippen LogP contribution in [0.3, 0.4) is 0 Å². The van der Waals surface area contributed by atoms with Gasteiger partial charge in [0.1, 0.15) is 26.4 Å². The number of esters is 4. The zero-order valence-electron chi connectivity index (χ0n) is 42.3. The van der Waals surface area contributed by atoms with E-state index in [0.717, 1.165) is 22.3 Å². The average molecular weight is 993 g/mol. The second kappa shape index (κ2) is 19.4. The Morgan fingerprint density at radius 1 is 0.250 bits per heavy atom. The lowest BCUT2D eigenvalue weighted by Crippen LogP contribution is -2.48. The molecule has 21 rings (SSSR count). The van der Waals surface area contributed by atoms with Crippen LogP contribution in [0.2, 0.25) is 0 Å². The number of carbonyl (C=O) groups is 4. The Morgan fingerprint density at radius 3 is 0.556 bits per heavy atom. The molecule has 384 valence electrons. The van der Waals surface area contributed by atoms with Gasteiger partial charge in [-0.25, -0.2) is 19.2 Å². The Labute approximate surface area is 419 Å². The average Bonchev–Trinajstić information content (AvgIpc) is 3.40. The number of hydrogen-bond acceptors (Lipinski definition) is 16. The van der Waals surface area contributed by atoms with Gasteiger partial charge in [-0.1, -0.05) is 76.2 Å². The standard InChI is InChI=1S/C56H64O16/c1-49-25-61-45(57)37-9-11-38(12-10-37)46(58)62-26-50(2)33-69-55(7,70-34-50)43-21-23-44(24-22-43)56(8)71-35-52(4,36-72-56)28-64-48(60)40-15-13-39(14-16-40)47(59)63-27-51(3)31-67-54(6,68-32-51)42-19-17-41(18-20-42)53(5,65-29-49)66-30-49/h9-24H,25-36H2,1-8H3. The van der Waals surface area contributed by atoms with Crippen LogP contribution in [0, 0.1) is 21.7 Å². The van der Waals surface area contributed by atoms with Crippen molar-refractivity contribution in [2.24, 2.45) is 21.7 Å². The zero-order valence-corrected chi connectivity index (χ0v) is 42.3. The van der Waals surface area contributed by atoms with E-state index in [1.165, 1.54) is 48.5 Å². The lowest BCUT2D eigenvalue weighted by molar-refractivity contribution is -0.306. The van der Waals surface area contributed by atoms with E-state index in [-0.39, 0.29) is 102 Å². The Hall–Kier alpha value is -5.56. The van der Waals surface area contributed by atoms with Gasteiger partial charge in [-0.05, 0) is 76.2 Å². The smallest absolute Gasteiger partial charge is 0.338 e. The van der Waals surface area contributed by atoms with Crippen molar-refractivity contribution in [1.82, 2.24) is 0 Å². The van der Waals surface area contributed by atoms with E-state index in [0.29, 0.717) is 0 Å². The molecule has 16 nitrogen and oxygen atoms in total. The van der Waals surface area contributed by atoms with Crippen molar-refractivity contribution in [3.05, 3.63) is 142 Å². The van der Waals surface area contributed by atoms with Crippen LogP contribution >= 0.6 is 0 Å². The summed E-state index contributed by atoms with van der Waals surface area (Å²) in [6.07, 6.45) is 0. The first kappa shape index (κ1) is 51.3. The third-order valence-electron chi connectivity index (χ3n) is 14.4. The third kappa shape index (κ3) is 10.9. The molecule has 17 aliphatic heterocycles. The minimum absolute atomic E-state index is 0.0386. The molecule has 4 fully saturated rings. The topological polar surface area (TPSA) is 179 Å². The van der Waals surface area contributed by atoms with Gasteiger partial charge in [0.05, 0.1) is 75.1 Å². The minimum atomic E-state index is -1.07. The number of benzene rings is 4. The maximum Gasteiger partial charge on any atom is 0.338 e. The summed E-state index contributed by atoms with van der Waals surface area (Å²) in [6.45, 7) is 17.2. The van der Waals surface area contributed by atoms with Gasteiger partial charge in [0, 0.05) is 43.9 Å². The quantitative estimate of drug-likeness (QED) is 0.121. The molecule has 0 radical (unpaired) electrons. The monoisotopic (exact) mass is 992 g/mol. The van der Waals surface area contributed by atoms with Crippen molar-refractivity contribution in [1.29, 1.82) is 0 Å². The first-order valence-electron chi connectivity index (χ1n) is 24.3. The molecule has 72 heavy (non-hydrogen) atoms. The largest absolute Gasteiger partial charge is 0.461 e. The number of ether oxygens (including phenoxy) is 12. The van der Waals surface area contributed by atoms with Gasteiger partial charge in [-0.15, -0.1) is 0 Å². The highest BCUT2D eigenvalue weighted by Gasteiger charge is 2.46. The summed E-state index contributed by atoms with van der Waals surface area (Å²) in [5.41, 5.74) is 1.70. The molecule has 0 unspecified atom stereocenters. The van der Waals surface area contributed by atoms with Crippen LogP contribution in [-0.4, -0.2) is 103 Å². The second-order valence-electron chi connectivity index (χ2n) is 21.9. The van der Waals surface area contributed by atoms with E-state index in [9.17, 15) is 19.2 Å². The van der Waals surface area contributed by atoms with Crippen LogP contribution in [0.15, 0.2) is 97.1 Å². The normalized spacial score (nSPS) is 35.1. The molecule has 0 aliphatic carbocycles. The van der Waals surface area contributed by atoms with Crippen molar-refractivity contribution in [2.45, 2.75) is 78.5 Å². The van der Waals surface area contributed by atoms with Crippen LogP contribution in [0.1, 0.15) is 119 Å². The van der Waals surface area contributed by atoms with Gasteiger partial charge in [0.2, 0.25) is 0 Å². The Balaban J connectivity index is 0.870. The Morgan fingerprint density at radius 2 is 0.403 bits per heavy atom. The van der Waals surface area contributed by atoms with Crippen molar-refractivity contribution in [2.75, 3.05) is 79.3 Å². The molecule has 17 heterocycles. The van der Waals surface area contributed by atoms with Crippen LogP contribution < -0.4 is 0 Å². The van der Waals surface area contributed by atoms with E-state index < -0.39 is 68.7 Å². The molecule has 0 amide bonds. The van der Waals surface area contributed by atoms with Crippen LogP contribution in [-0.2, 0) is 80.0 Å². The molecule has 17 aliphatic rings. The van der Waals surface area contributed by atoms with Crippen LogP contribution in [0.4, 0.5) is 0 Å². The Kier molecular flexibility index (Phi) is 13.8. The minimum Gasteiger partial charge on any atom is -0.461 e. The van der Waals surface area contributed by atoms with Crippen molar-refractivity contribution in [3.8, 4) is 0 Å². The van der Waals surface area contributed by atoms with E-state index in [1.807, 2.05) is 104 Å². The van der Waals surface area contributed by atoms with Gasteiger partial charge < -0.3 is 56.8 Å². The third-order valence-corrected chi connectivity index (χ3v) is 14.4. The predicted octanol–water partition coefficient (Wildman–Crippen LogP) is 8.33. The molecule has 16 bridgehead atoms. The fourth-order valence-electron chi connectivity index (χ4n) is 8.76. The number of carbonyl (C=O) groups excluding carboxylic acids is 4. The second-order valence-corrected chi connectivity index (χ2v) is 21.9. The van der Waals surface area contributed by atoms with Crippen LogP contribution in [0.5, 0.6) is 0 Å². The molecule has 0 spiro atoms. The first-order valence-corrected chi connectivity index (χ1v) is 24.3. The molecule has 4 saturated heterocycles. The highest BCUT2D eigenvalue weighted by atomic mass is 16.7. The van der Waals surface area contributed by atoms with Gasteiger partial charge in [0.15, 0.2) is 23.1 Å². The first-order chi connectivity index (χ1) is 34.0. The molecule has 0 aromatic heterocycles. The SMILES string of the molecule is CC12COC(=O)c3ccc(cc3)C(=O)OCC3(C)COC(C)(OC3)c3ccc(cc3)C3(C)OCC(C)(COC(=O)c4ccc(cc4)C(=O)OCC4(C)COC(C)(OC4)c4ccc(cc4)C(C)(OC1)OC2)CO3. The molecule has 4 aromatic rings. The van der Waals surface area contributed by atoms with Gasteiger partial charge in [-0.3, -0.25) is 0 Å². The molecule has 0 saturated carbocycles. The fourth-order valence-corrected chi connectivity index (χ4v) is 8.76. The summed E-state index contributed by atoms with van der Waals surface area (Å²) in [5.74, 6) is -6.46. The summed E-state index contributed by atoms with van der Waals surface area (Å²) in [6, 6.07) is 27.5. The molecule has 0 atom stereocenters. The highest BCUT2D eigenvalue weighted by Crippen LogP contribution is 2.42. The maximum absolute atomic E-state index is 13.2. The number of hydrogen-bond donors (Lipinski definition) is 0. The lowest BCUT2D eigenvalue weighted by atomic mass is 9.90. The van der Waals surface area contributed by atoms with Crippen LogP contribution in [0.25, 0.3) is 0 Å². The van der Waals surface area contributed by atoms with E-state index in [2.05, 4.69) is 0 Å². The summed E-state index contributed by atoms with van der Waals surface area (Å²) >= 11 is 0. The molecule has 4 aromatic carbocycles. The molecular formula is C56H64O16. The fraction of sp³-hybridized carbons (Fsp3) is 0.500. The van der Waals surface area contributed by atoms with Crippen molar-refractivity contribution in [3.63, 3.8) is 0 Å². The van der Waals surface area contributed by atoms with Gasteiger partial charge in [0.25, 0.3) is 0 Å². The predicted molar refractivity (Wildman–Crippen MR) is 256 cm³/mol. The van der Waals surface area contributed by atoms with E-state index >= 15 is 0 Å². The molecular weight excluding hydrogens is 929 g/mol. The maximum atomic E-state index is 13.2. The summed E-state index contributed by atoms with van der Waals surface area (Å²) in [5, 5.41) is 0. The zero-order chi connectivity index (χ0) is 51.2. The summed E-state index contributed by atoms with van der Waals surface area (Å²) < 4.78 is 73.4. The Bertz CT molecular complexity index is 2250. The van der Waals surface area contributed by atoms with E-state index in [4.69, 9.17) is 56.8 Å². The van der Waals surface area contributed by atoms with Gasteiger partial charge in [-0.2, -0.15) is 0 Å². The summed E-state index contributed by atoms with van der Waals surface area (Å²) in [7, 11) is 0. The lowest BCUT2D eigenvalue weighted by Gasteiger charge is -2.44. The molecule has 16 heteroatoms. The van der Waals surface area contributed by atoms with E-state index in [1.54, 1.807) is 0 Å². The highest BCUT2D eigenvalue weighted by molar-refractivity contribution is 5.94.